The monoisotopic (exact) mass is 356 g/mol. The second-order valence-electron chi connectivity index (χ2n) is 5.72. The number of esters is 1. The van der Waals surface area contributed by atoms with Crippen molar-refractivity contribution in [3.05, 3.63) is 42.0 Å². The number of carbonyl (C=O) groups is 2. The molecule has 26 heavy (non-hydrogen) atoms. The van der Waals surface area contributed by atoms with Crippen molar-refractivity contribution in [3.63, 3.8) is 0 Å². The number of rotatable bonds is 6. The van der Waals surface area contributed by atoms with Crippen molar-refractivity contribution in [1.29, 1.82) is 0 Å². The molecule has 1 aliphatic heterocycles. The molecule has 8 heteroatoms. The molecule has 0 aliphatic carbocycles. The zero-order valence-corrected chi connectivity index (χ0v) is 14.4. The standard InChI is InChI=1S/C18H20N4O4/c1-2-25-18(24)12-5-7-13(8-6-12)19-15-9-10-16(22-21-15)20-17(23)14-4-3-11-26-14/h5-10,14H,2-4,11H2,1H3,(H,19,21)(H,20,22,23). The molecule has 1 saturated heterocycles. The molecule has 2 aromatic rings. The van der Waals surface area contributed by atoms with Crippen LogP contribution in [0.4, 0.5) is 17.3 Å². The lowest BCUT2D eigenvalue weighted by Crippen LogP contribution is -2.27. The zero-order valence-electron chi connectivity index (χ0n) is 14.4. The molecule has 0 spiro atoms. The molecule has 1 amide bonds. The number of amides is 1. The van der Waals surface area contributed by atoms with E-state index in [2.05, 4.69) is 20.8 Å². The molecule has 1 fully saturated rings. The Bertz CT molecular complexity index is 756. The van der Waals surface area contributed by atoms with Crippen LogP contribution in [0, 0.1) is 0 Å². The van der Waals surface area contributed by atoms with E-state index in [1.165, 1.54) is 0 Å². The van der Waals surface area contributed by atoms with Crippen molar-refractivity contribution < 1.29 is 19.1 Å². The molecule has 1 aromatic carbocycles. The summed E-state index contributed by atoms with van der Waals surface area (Å²) < 4.78 is 10.3. The molecule has 0 bridgehead atoms. The van der Waals surface area contributed by atoms with Crippen LogP contribution in [0.25, 0.3) is 0 Å². The first-order chi connectivity index (χ1) is 12.7. The first-order valence-electron chi connectivity index (χ1n) is 8.46. The highest BCUT2D eigenvalue weighted by Gasteiger charge is 2.23. The first kappa shape index (κ1) is 17.8. The summed E-state index contributed by atoms with van der Waals surface area (Å²) in [6.07, 6.45) is 1.20. The van der Waals surface area contributed by atoms with Gasteiger partial charge >= 0.3 is 5.97 Å². The van der Waals surface area contributed by atoms with Crippen LogP contribution in [0.3, 0.4) is 0 Å². The van der Waals surface area contributed by atoms with Crippen LogP contribution in [-0.4, -0.2) is 41.4 Å². The predicted molar refractivity (Wildman–Crippen MR) is 95.3 cm³/mol. The summed E-state index contributed by atoms with van der Waals surface area (Å²) in [6, 6.07) is 10.2. The fraction of sp³-hybridized carbons (Fsp3) is 0.333. The van der Waals surface area contributed by atoms with Crippen LogP contribution < -0.4 is 10.6 Å². The Morgan fingerprint density at radius 1 is 1.15 bits per heavy atom. The van der Waals surface area contributed by atoms with Gasteiger partial charge in [-0.05, 0) is 56.2 Å². The predicted octanol–water partition coefficient (Wildman–Crippen LogP) is 2.51. The summed E-state index contributed by atoms with van der Waals surface area (Å²) >= 11 is 0. The number of anilines is 3. The Morgan fingerprint density at radius 2 is 1.88 bits per heavy atom. The number of hydrogen-bond acceptors (Lipinski definition) is 7. The maximum Gasteiger partial charge on any atom is 0.338 e. The quantitative estimate of drug-likeness (QED) is 0.767. The van der Waals surface area contributed by atoms with E-state index in [-0.39, 0.29) is 11.9 Å². The average Bonchev–Trinajstić information content (AvgIpc) is 3.19. The fourth-order valence-electron chi connectivity index (χ4n) is 2.51. The fourth-order valence-corrected chi connectivity index (χ4v) is 2.51. The number of benzene rings is 1. The summed E-state index contributed by atoms with van der Waals surface area (Å²) in [7, 11) is 0. The van der Waals surface area contributed by atoms with Crippen LogP contribution in [0.1, 0.15) is 30.1 Å². The lowest BCUT2D eigenvalue weighted by molar-refractivity contribution is -0.124. The number of carbonyl (C=O) groups excluding carboxylic acids is 2. The molecule has 1 aliphatic rings. The van der Waals surface area contributed by atoms with Crippen LogP contribution in [0.5, 0.6) is 0 Å². The molecule has 1 aromatic heterocycles. The normalized spacial score (nSPS) is 16.1. The van der Waals surface area contributed by atoms with Crippen molar-refractivity contribution in [1.82, 2.24) is 10.2 Å². The number of ether oxygens (including phenoxy) is 2. The van der Waals surface area contributed by atoms with Crippen molar-refractivity contribution in [2.75, 3.05) is 23.8 Å². The van der Waals surface area contributed by atoms with Gasteiger partial charge in [0.25, 0.3) is 5.91 Å². The van der Waals surface area contributed by atoms with E-state index in [4.69, 9.17) is 9.47 Å². The molecule has 0 radical (unpaired) electrons. The van der Waals surface area contributed by atoms with Crippen LogP contribution >= 0.6 is 0 Å². The molecule has 1 atom stereocenters. The van der Waals surface area contributed by atoms with E-state index in [1.807, 2.05) is 0 Å². The molecule has 2 N–H and O–H groups in total. The van der Waals surface area contributed by atoms with Gasteiger partial charge < -0.3 is 20.1 Å². The summed E-state index contributed by atoms with van der Waals surface area (Å²) in [5.74, 6) is 0.329. The Morgan fingerprint density at radius 3 is 2.50 bits per heavy atom. The van der Waals surface area contributed by atoms with Crippen LogP contribution in [0.15, 0.2) is 36.4 Å². The molecule has 1 unspecified atom stereocenters. The topological polar surface area (TPSA) is 102 Å². The summed E-state index contributed by atoms with van der Waals surface area (Å²) in [6.45, 7) is 2.71. The van der Waals surface area contributed by atoms with Crippen molar-refractivity contribution in [2.24, 2.45) is 0 Å². The van der Waals surface area contributed by atoms with Crippen molar-refractivity contribution in [2.45, 2.75) is 25.9 Å². The summed E-state index contributed by atoms with van der Waals surface area (Å²) in [5.41, 5.74) is 1.24. The van der Waals surface area contributed by atoms with E-state index in [0.717, 1.165) is 18.5 Å². The molecule has 0 saturated carbocycles. The average molecular weight is 356 g/mol. The third kappa shape index (κ3) is 4.54. The van der Waals surface area contributed by atoms with E-state index in [0.29, 0.717) is 30.4 Å². The van der Waals surface area contributed by atoms with Gasteiger partial charge in [-0.2, -0.15) is 0 Å². The third-order valence-electron chi connectivity index (χ3n) is 3.81. The molecule has 2 heterocycles. The van der Waals surface area contributed by atoms with Crippen molar-refractivity contribution >= 4 is 29.2 Å². The Hall–Kier alpha value is -3.00. The number of aromatic nitrogens is 2. The molecule has 8 nitrogen and oxygen atoms in total. The number of hydrogen-bond donors (Lipinski definition) is 2. The highest BCUT2D eigenvalue weighted by molar-refractivity contribution is 5.93. The third-order valence-corrected chi connectivity index (χ3v) is 3.81. The van der Waals surface area contributed by atoms with E-state index < -0.39 is 6.10 Å². The van der Waals surface area contributed by atoms with E-state index >= 15 is 0 Å². The van der Waals surface area contributed by atoms with Gasteiger partial charge in [0, 0.05) is 12.3 Å². The van der Waals surface area contributed by atoms with Gasteiger partial charge in [-0.1, -0.05) is 0 Å². The smallest absolute Gasteiger partial charge is 0.338 e. The van der Waals surface area contributed by atoms with Gasteiger partial charge in [-0.3, -0.25) is 4.79 Å². The van der Waals surface area contributed by atoms with Gasteiger partial charge in [0.15, 0.2) is 11.6 Å². The lowest BCUT2D eigenvalue weighted by atomic mass is 10.2. The second kappa shape index (κ2) is 8.39. The lowest BCUT2D eigenvalue weighted by Gasteiger charge is -2.10. The maximum atomic E-state index is 12.0. The number of nitrogens with zero attached hydrogens (tertiary/aromatic N) is 2. The van der Waals surface area contributed by atoms with Gasteiger partial charge in [0.1, 0.15) is 6.10 Å². The zero-order chi connectivity index (χ0) is 18.4. The van der Waals surface area contributed by atoms with Crippen LogP contribution in [0.2, 0.25) is 0 Å². The molecular weight excluding hydrogens is 336 g/mol. The Labute approximate surface area is 150 Å². The molecule has 3 rings (SSSR count). The van der Waals surface area contributed by atoms with Gasteiger partial charge in [-0.15, -0.1) is 10.2 Å². The highest BCUT2D eigenvalue weighted by Crippen LogP contribution is 2.17. The number of nitrogens with one attached hydrogen (secondary N) is 2. The van der Waals surface area contributed by atoms with Gasteiger partial charge in [-0.25, -0.2) is 4.79 Å². The molecular formula is C18H20N4O4. The van der Waals surface area contributed by atoms with E-state index in [1.54, 1.807) is 43.3 Å². The maximum absolute atomic E-state index is 12.0. The minimum absolute atomic E-state index is 0.202. The minimum atomic E-state index is -0.410. The highest BCUT2D eigenvalue weighted by atomic mass is 16.5. The minimum Gasteiger partial charge on any atom is -0.462 e. The summed E-state index contributed by atoms with van der Waals surface area (Å²) in [4.78, 5) is 23.6. The van der Waals surface area contributed by atoms with Gasteiger partial charge in [0.2, 0.25) is 0 Å². The van der Waals surface area contributed by atoms with Crippen LogP contribution in [-0.2, 0) is 14.3 Å². The largest absolute Gasteiger partial charge is 0.462 e. The van der Waals surface area contributed by atoms with E-state index in [9.17, 15) is 9.59 Å². The second-order valence-corrected chi connectivity index (χ2v) is 5.72. The SMILES string of the molecule is CCOC(=O)c1ccc(Nc2ccc(NC(=O)C3CCCO3)nn2)cc1. The van der Waals surface area contributed by atoms with Crippen molar-refractivity contribution in [3.8, 4) is 0 Å². The first-order valence-corrected chi connectivity index (χ1v) is 8.46. The van der Waals surface area contributed by atoms with Gasteiger partial charge in [0.05, 0.1) is 12.2 Å². The summed E-state index contributed by atoms with van der Waals surface area (Å²) in [5, 5.41) is 13.8. The Kier molecular flexibility index (Phi) is 5.75. The molecule has 136 valence electrons. The Balaban J connectivity index is 1.57.